The van der Waals surface area contributed by atoms with Crippen molar-refractivity contribution in [2.24, 2.45) is 0 Å². The standard InChI is InChI=1S/C22H23ClN2O4/c1-3-11-25-21(26)18(24-22(25)27)12-15-9-10-19(20(13-15)28-4-2)29-14-16-7-5-6-8-17(16)23/h5-10,12-13H,3-4,11,14H2,1-2H3,(H,24,27)/b18-12+. The molecule has 2 aromatic rings. The van der Waals surface area contributed by atoms with Crippen molar-refractivity contribution in [2.45, 2.75) is 26.9 Å². The summed E-state index contributed by atoms with van der Waals surface area (Å²) in [4.78, 5) is 25.5. The lowest BCUT2D eigenvalue weighted by Gasteiger charge is -2.13. The van der Waals surface area contributed by atoms with Gasteiger partial charge >= 0.3 is 6.03 Å². The van der Waals surface area contributed by atoms with E-state index in [4.69, 9.17) is 21.1 Å². The van der Waals surface area contributed by atoms with E-state index in [0.29, 0.717) is 42.7 Å². The second kappa shape index (κ2) is 9.47. The van der Waals surface area contributed by atoms with Crippen LogP contribution in [0.2, 0.25) is 5.02 Å². The number of imide groups is 1. The monoisotopic (exact) mass is 414 g/mol. The minimum Gasteiger partial charge on any atom is -0.490 e. The van der Waals surface area contributed by atoms with E-state index in [-0.39, 0.29) is 11.6 Å². The maximum atomic E-state index is 12.4. The van der Waals surface area contributed by atoms with Crippen molar-refractivity contribution in [1.82, 2.24) is 10.2 Å². The van der Waals surface area contributed by atoms with Gasteiger partial charge in [-0.25, -0.2) is 4.79 Å². The molecule has 1 saturated heterocycles. The van der Waals surface area contributed by atoms with Gasteiger partial charge in [0.15, 0.2) is 11.5 Å². The third-order valence-corrected chi connectivity index (χ3v) is 4.70. The Bertz CT molecular complexity index is 942. The molecule has 1 N–H and O–H groups in total. The summed E-state index contributed by atoms with van der Waals surface area (Å²) in [5.74, 6) is 0.799. The van der Waals surface area contributed by atoms with Crippen LogP contribution in [0.15, 0.2) is 48.2 Å². The van der Waals surface area contributed by atoms with E-state index in [1.807, 2.05) is 38.1 Å². The van der Waals surface area contributed by atoms with Gasteiger partial charge in [0, 0.05) is 17.1 Å². The Kier molecular flexibility index (Phi) is 6.77. The van der Waals surface area contributed by atoms with Crippen molar-refractivity contribution >= 4 is 29.6 Å². The van der Waals surface area contributed by atoms with E-state index in [1.54, 1.807) is 24.3 Å². The highest BCUT2D eigenvalue weighted by atomic mass is 35.5. The number of hydrogen-bond donors (Lipinski definition) is 1. The predicted molar refractivity (Wildman–Crippen MR) is 112 cm³/mol. The van der Waals surface area contributed by atoms with Crippen LogP contribution in [0.1, 0.15) is 31.4 Å². The number of carbonyl (C=O) groups excluding carboxylic acids is 2. The molecule has 0 aliphatic carbocycles. The fraction of sp³-hybridized carbons (Fsp3) is 0.273. The molecule has 3 amide bonds. The zero-order valence-electron chi connectivity index (χ0n) is 16.4. The topological polar surface area (TPSA) is 67.9 Å². The molecule has 152 valence electrons. The summed E-state index contributed by atoms with van der Waals surface area (Å²) in [6.45, 7) is 4.95. The number of carbonyl (C=O) groups is 2. The number of urea groups is 1. The van der Waals surface area contributed by atoms with E-state index in [9.17, 15) is 9.59 Å². The summed E-state index contributed by atoms with van der Waals surface area (Å²) in [5.41, 5.74) is 1.84. The molecule has 3 rings (SSSR count). The Hall–Kier alpha value is -2.99. The summed E-state index contributed by atoms with van der Waals surface area (Å²) in [5, 5.41) is 3.26. The van der Waals surface area contributed by atoms with Crippen LogP contribution in [0, 0.1) is 0 Å². The molecule has 1 fully saturated rings. The zero-order valence-corrected chi connectivity index (χ0v) is 17.2. The second-order valence-electron chi connectivity index (χ2n) is 6.46. The summed E-state index contributed by atoms with van der Waals surface area (Å²) in [6, 6.07) is 12.4. The lowest BCUT2D eigenvalue weighted by atomic mass is 10.1. The molecule has 0 unspecified atom stereocenters. The maximum Gasteiger partial charge on any atom is 0.329 e. The van der Waals surface area contributed by atoms with E-state index in [0.717, 1.165) is 11.1 Å². The normalized spacial score (nSPS) is 15.0. The number of hydrogen-bond acceptors (Lipinski definition) is 4. The van der Waals surface area contributed by atoms with Crippen LogP contribution in [0.3, 0.4) is 0 Å². The van der Waals surface area contributed by atoms with Crippen molar-refractivity contribution in [3.63, 3.8) is 0 Å². The number of ether oxygens (including phenoxy) is 2. The van der Waals surface area contributed by atoms with Crippen molar-refractivity contribution in [3.8, 4) is 11.5 Å². The molecule has 0 bridgehead atoms. The highest BCUT2D eigenvalue weighted by molar-refractivity contribution is 6.31. The summed E-state index contributed by atoms with van der Waals surface area (Å²) < 4.78 is 11.6. The number of benzene rings is 2. The quantitative estimate of drug-likeness (QED) is 0.505. The molecule has 2 aromatic carbocycles. The van der Waals surface area contributed by atoms with Gasteiger partial charge in [0.1, 0.15) is 12.3 Å². The van der Waals surface area contributed by atoms with E-state index in [1.165, 1.54) is 4.90 Å². The number of nitrogens with zero attached hydrogens (tertiary/aromatic N) is 1. The summed E-state index contributed by atoms with van der Waals surface area (Å²) in [6.07, 6.45) is 2.34. The maximum absolute atomic E-state index is 12.4. The molecule has 1 heterocycles. The third-order valence-electron chi connectivity index (χ3n) is 4.33. The molecule has 0 atom stereocenters. The smallest absolute Gasteiger partial charge is 0.329 e. The fourth-order valence-corrected chi connectivity index (χ4v) is 3.13. The van der Waals surface area contributed by atoms with Crippen LogP contribution >= 0.6 is 11.6 Å². The number of amides is 3. The molecule has 0 radical (unpaired) electrons. The van der Waals surface area contributed by atoms with E-state index in [2.05, 4.69) is 5.32 Å². The van der Waals surface area contributed by atoms with Crippen LogP contribution < -0.4 is 14.8 Å². The Labute approximate surface area is 175 Å². The molecule has 6 nitrogen and oxygen atoms in total. The van der Waals surface area contributed by atoms with Crippen molar-refractivity contribution in [2.75, 3.05) is 13.2 Å². The predicted octanol–water partition coefficient (Wildman–Crippen LogP) is 4.62. The van der Waals surface area contributed by atoms with Crippen LogP contribution in [-0.2, 0) is 11.4 Å². The third kappa shape index (κ3) is 4.90. The first-order valence-corrected chi connectivity index (χ1v) is 9.88. The number of rotatable bonds is 8. The first-order chi connectivity index (χ1) is 14.0. The Morgan fingerprint density at radius 2 is 1.86 bits per heavy atom. The largest absolute Gasteiger partial charge is 0.490 e. The molecule has 0 aromatic heterocycles. The molecule has 7 heteroatoms. The van der Waals surface area contributed by atoms with Gasteiger partial charge in [-0.05, 0) is 43.2 Å². The highest BCUT2D eigenvalue weighted by Crippen LogP contribution is 2.31. The van der Waals surface area contributed by atoms with Crippen molar-refractivity contribution in [1.29, 1.82) is 0 Å². The summed E-state index contributed by atoms with van der Waals surface area (Å²) in [7, 11) is 0. The first kappa shape index (κ1) is 20.7. The highest BCUT2D eigenvalue weighted by Gasteiger charge is 2.32. The molecule has 1 aliphatic heterocycles. The Morgan fingerprint density at radius 3 is 2.59 bits per heavy atom. The Morgan fingerprint density at radius 1 is 1.07 bits per heavy atom. The first-order valence-electron chi connectivity index (χ1n) is 9.51. The van der Waals surface area contributed by atoms with E-state index < -0.39 is 6.03 Å². The average molecular weight is 415 g/mol. The number of halogens is 1. The van der Waals surface area contributed by atoms with Crippen LogP contribution in [-0.4, -0.2) is 30.0 Å². The van der Waals surface area contributed by atoms with Gasteiger partial charge < -0.3 is 14.8 Å². The fourth-order valence-electron chi connectivity index (χ4n) is 2.94. The second-order valence-corrected chi connectivity index (χ2v) is 6.87. The lowest BCUT2D eigenvalue weighted by Crippen LogP contribution is -2.31. The van der Waals surface area contributed by atoms with Crippen LogP contribution in [0.25, 0.3) is 6.08 Å². The van der Waals surface area contributed by atoms with Gasteiger partial charge in [-0.15, -0.1) is 0 Å². The molecular weight excluding hydrogens is 392 g/mol. The molecule has 0 spiro atoms. The average Bonchev–Trinajstić information content (AvgIpc) is 2.96. The van der Waals surface area contributed by atoms with Crippen molar-refractivity contribution < 1.29 is 19.1 Å². The van der Waals surface area contributed by atoms with Gasteiger partial charge in [0.05, 0.1) is 6.61 Å². The van der Waals surface area contributed by atoms with Crippen molar-refractivity contribution in [3.05, 3.63) is 64.3 Å². The molecular formula is C22H23ClN2O4. The molecule has 29 heavy (non-hydrogen) atoms. The van der Waals surface area contributed by atoms with Gasteiger partial charge in [0.2, 0.25) is 0 Å². The zero-order chi connectivity index (χ0) is 20.8. The summed E-state index contributed by atoms with van der Waals surface area (Å²) >= 11 is 6.18. The number of nitrogens with one attached hydrogen (secondary N) is 1. The molecule has 0 saturated carbocycles. The minimum absolute atomic E-state index is 0.246. The van der Waals surface area contributed by atoms with E-state index >= 15 is 0 Å². The SMILES string of the molecule is CCCN1C(=O)N/C(=C/c2ccc(OCc3ccccc3Cl)c(OCC)c2)C1=O. The Balaban J connectivity index is 1.80. The lowest BCUT2D eigenvalue weighted by molar-refractivity contribution is -0.122. The minimum atomic E-state index is -0.396. The molecule has 1 aliphatic rings. The van der Waals surface area contributed by atoms with Gasteiger partial charge in [-0.1, -0.05) is 42.8 Å². The van der Waals surface area contributed by atoms with Gasteiger partial charge in [0.25, 0.3) is 5.91 Å². The van der Waals surface area contributed by atoms with Crippen LogP contribution in [0.4, 0.5) is 4.79 Å². The van der Waals surface area contributed by atoms with Gasteiger partial charge in [-0.2, -0.15) is 0 Å². The van der Waals surface area contributed by atoms with Gasteiger partial charge in [-0.3, -0.25) is 9.69 Å². The van der Waals surface area contributed by atoms with Crippen LogP contribution in [0.5, 0.6) is 11.5 Å².